The van der Waals surface area contributed by atoms with E-state index in [0.717, 1.165) is 24.2 Å². The van der Waals surface area contributed by atoms with Gasteiger partial charge >= 0.3 is 12.1 Å². The second-order valence-corrected chi connectivity index (χ2v) is 8.64. The second-order valence-electron chi connectivity index (χ2n) is 8.20. The number of hydrazine groups is 1. The summed E-state index contributed by atoms with van der Waals surface area (Å²) in [5, 5.41) is 6.38. The molecule has 0 aromatic heterocycles. The molecule has 2 saturated heterocycles. The third-order valence-corrected chi connectivity index (χ3v) is 6.36. The number of rotatable bonds is 4. The minimum Gasteiger partial charge on any atom is -0.322 e. The Balaban J connectivity index is 1.44. The molecular weight excluding hydrogens is 426 g/mol. The van der Waals surface area contributed by atoms with Crippen molar-refractivity contribution in [1.82, 2.24) is 26.0 Å². The fourth-order valence-corrected chi connectivity index (χ4v) is 4.47. The average molecular weight is 448 g/mol. The van der Waals surface area contributed by atoms with Gasteiger partial charge < -0.3 is 10.6 Å². The highest BCUT2D eigenvalue weighted by Crippen LogP contribution is 2.33. The van der Waals surface area contributed by atoms with Crippen LogP contribution in [0.25, 0.3) is 0 Å². The molecule has 3 fully saturated rings. The summed E-state index contributed by atoms with van der Waals surface area (Å²) in [6.45, 7) is 0.885. The summed E-state index contributed by atoms with van der Waals surface area (Å²) in [4.78, 5) is 63.7. The Morgan fingerprint density at radius 1 is 1.00 bits per heavy atom. The van der Waals surface area contributed by atoms with E-state index in [9.17, 15) is 24.0 Å². The van der Waals surface area contributed by atoms with E-state index in [1.54, 1.807) is 24.3 Å². The van der Waals surface area contributed by atoms with E-state index in [-0.39, 0.29) is 0 Å². The second kappa shape index (κ2) is 7.52. The average Bonchev–Trinajstić information content (AvgIpc) is 3.09. The van der Waals surface area contributed by atoms with Crippen LogP contribution in [0.15, 0.2) is 24.3 Å². The van der Waals surface area contributed by atoms with Crippen molar-refractivity contribution in [1.29, 1.82) is 0 Å². The Morgan fingerprint density at radius 2 is 1.65 bits per heavy atom. The van der Waals surface area contributed by atoms with Crippen molar-refractivity contribution in [2.45, 2.75) is 50.1 Å². The number of nitrogens with one attached hydrogen (secondary N) is 3. The van der Waals surface area contributed by atoms with Gasteiger partial charge in [-0.25, -0.2) is 9.59 Å². The Kier molecular flexibility index (Phi) is 5.12. The van der Waals surface area contributed by atoms with Crippen LogP contribution in [0.1, 0.15) is 44.6 Å². The predicted octanol–water partition coefficient (Wildman–Crippen LogP) is 1.39. The molecule has 2 heterocycles. The third-order valence-electron chi connectivity index (χ3n) is 6.10. The van der Waals surface area contributed by atoms with Gasteiger partial charge in [0.2, 0.25) is 0 Å². The molecule has 31 heavy (non-hydrogen) atoms. The van der Waals surface area contributed by atoms with E-state index in [1.807, 2.05) is 0 Å². The first-order chi connectivity index (χ1) is 14.7. The van der Waals surface area contributed by atoms with Gasteiger partial charge in [-0.15, -0.1) is 0 Å². The van der Waals surface area contributed by atoms with Crippen molar-refractivity contribution in [2.24, 2.45) is 0 Å². The highest BCUT2D eigenvalue weighted by Gasteiger charge is 2.53. The maximum atomic E-state index is 12.9. The van der Waals surface area contributed by atoms with Crippen molar-refractivity contribution in [3.63, 3.8) is 0 Å². The molecule has 3 N–H and O–H groups in total. The molecule has 1 aromatic carbocycles. The predicted molar refractivity (Wildman–Crippen MR) is 108 cm³/mol. The quantitative estimate of drug-likeness (QED) is 0.601. The van der Waals surface area contributed by atoms with Gasteiger partial charge in [0, 0.05) is 5.02 Å². The molecule has 3 aliphatic rings. The molecule has 1 atom stereocenters. The Labute approximate surface area is 183 Å². The molecule has 1 saturated carbocycles. The SMILES string of the molecule is CC1(c2ccc(Cl)cc2)NC(=O)N(CC(=O)NN2C(=O)NC3(CCCCC3)C2=O)C1=O. The zero-order valence-electron chi connectivity index (χ0n) is 16.9. The lowest BCUT2D eigenvalue weighted by Crippen LogP contribution is -2.53. The summed E-state index contributed by atoms with van der Waals surface area (Å²) in [6.07, 6.45) is 3.61. The van der Waals surface area contributed by atoms with Gasteiger partial charge in [0.15, 0.2) is 0 Å². The Hall–Kier alpha value is -3.14. The largest absolute Gasteiger partial charge is 0.344 e. The number of hydrogen-bond donors (Lipinski definition) is 3. The fraction of sp³-hybridized carbons (Fsp3) is 0.450. The van der Waals surface area contributed by atoms with Crippen LogP contribution in [0.3, 0.4) is 0 Å². The van der Waals surface area contributed by atoms with E-state index in [2.05, 4.69) is 16.1 Å². The minimum absolute atomic E-state index is 0.477. The van der Waals surface area contributed by atoms with Gasteiger partial charge in [-0.2, -0.15) is 5.01 Å². The van der Waals surface area contributed by atoms with Crippen LogP contribution in [0.2, 0.25) is 5.02 Å². The van der Waals surface area contributed by atoms with Crippen molar-refractivity contribution in [3.8, 4) is 0 Å². The fourth-order valence-electron chi connectivity index (χ4n) is 4.34. The monoisotopic (exact) mass is 447 g/mol. The van der Waals surface area contributed by atoms with Crippen molar-refractivity contribution >= 4 is 41.4 Å². The highest BCUT2D eigenvalue weighted by atomic mass is 35.5. The number of amides is 7. The van der Waals surface area contributed by atoms with Gasteiger partial charge in [-0.1, -0.05) is 43.0 Å². The van der Waals surface area contributed by atoms with Crippen molar-refractivity contribution in [2.75, 3.05) is 6.54 Å². The first kappa shape index (κ1) is 21.1. The summed E-state index contributed by atoms with van der Waals surface area (Å²) < 4.78 is 0. The molecule has 7 amide bonds. The van der Waals surface area contributed by atoms with E-state index in [4.69, 9.17) is 11.6 Å². The van der Waals surface area contributed by atoms with Crippen LogP contribution in [0.4, 0.5) is 9.59 Å². The highest BCUT2D eigenvalue weighted by molar-refractivity contribution is 6.30. The summed E-state index contributed by atoms with van der Waals surface area (Å²) in [7, 11) is 0. The first-order valence-corrected chi connectivity index (χ1v) is 10.4. The number of imide groups is 2. The molecule has 1 aromatic rings. The molecule has 10 nitrogen and oxygen atoms in total. The molecule has 2 aliphatic heterocycles. The first-order valence-electron chi connectivity index (χ1n) is 10.0. The van der Waals surface area contributed by atoms with Crippen LogP contribution >= 0.6 is 11.6 Å². The molecular formula is C20H22ClN5O5. The zero-order valence-corrected chi connectivity index (χ0v) is 17.6. The number of hydrogen-bond acceptors (Lipinski definition) is 5. The van der Waals surface area contributed by atoms with Crippen LogP contribution < -0.4 is 16.1 Å². The lowest BCUT2D eigenvalue weighted by molar-refractivity contribution is -0.141. The van der Waals surface area contributed by atoms with Gasteiger partial charge in [0.25, 0.3) is 17.7 Å². The topological polar surface area (TPSA) is 128 Å². The summed E-state index contributed by atoms with van der Waals surface area (Å²) in [5.74, 6) is -1.98. The molecule has 0 radical (unpaired) electrons. The van der Waals surface area contributed by atoms with Gasteiger partial charge in [0.05, 0.1) is 0 Å². The zero-order chi connectivity index (χ0) is 22.4. The molecule has 1 aliphatic carbocycles. The van der Waals surface area contributed by atoms with Gasteiger partial charge in [-0.05, 0) is 37.5 Å². The number of nitrogens with zero attached hydrogens (tertiary/aromatic N) is 2. The van der Waals surface area contributed by atoms with E-state index >= 15 is 0 Å². The number of benzene rings is 1. The smallest absolute Gasteiger partial charge is 0.322 e. The lowest BCUT2D eigenvalue weighted by atomic mass is 9.82. The van der Waals surface area contributed by atoms with Crippen LogP contribution in [-0.4, -0.2) is 51.8 Å². The lowest BCUT2D eigenvalue weighted by Gasteiger charge is -2.30. The number of carbonyl (C=O) groups is 5. The summed E-state index contributed by atoms with van der Waals surface area (Å²) in [5.41, 5.74) is 0.384. The van der Waals surface area contributed by atoms with E-state index < -0.39 is 47.4 Å². The minimum atomic E-state index is -1.37. The van der Waals surface area contributed by atoms with Crippen molar-refractivity contribution in [3.05, 3.63) is 34.9 Å². The maximum Gasteiger partial charge on any atom is 0.344 e. The standard InChI is InChI=1S/C20H22ClN5O5/c1-19(12-5-7-13(21)8-6-12)15(28)25(17(30)22-19)11-14(27)24-26-16(29)20(23-18(26)31)9-3-2-4-10-20/h5-8H,2-4,9-11H2,1H3,(H,22,30)(H,23,31)(H,24,27). The summed E-state index contributed by atoms with van der Waals surface area (Å²) >= 11 is 5.88. The van der Waals surface area contributed by atoms with Crippen LogP contribution in [0, 0.1) is 0 Å². The van der Waals surface area contributed by atoms with Crippen LogP contribution in [0.5, 0.6) is 0 Å². The normalized spacial score (nSPS) is 25.1. The molecule has 11 heteroatoms. The van der Waals surface area contributed by atoms with Crippen LogP contribution in [-0.2, 0) is 19.9 Å². The van der Waals surface area contributed by atoms with E-state index in [0.29, 0.717) is 28.4 Å². The van der Waals surface area contributed by atoms with Gasteiger partial charge in [-0.3, -0.25) is 24.7 Å². The van der Waals surface area contributed by atoms with E-state index in [1.165, 1.54) is 6.92 Å². The number of urea groups is 2. The summed E-state index contributed by atoms with van der Waals surface area (Å²) in [6, 6.07) is 4.94. The number of halogens is 1. The van der Waals surface area contributed by atoms with Crippen molar-refractivity contribution < 1.29 is 24.0 Å². The molecule has 1 unspecified atom stereocenters. The maximum absolute atomic E-state index is 12.9. The molecule has 0 bridgehead atoms. The third kappa shape index (κ3) is 3.50. The Morgan fingerprint density at radius 3 is 2.29 bits per heavy atom. The molecule has 4 rings (SSSR count). The molecule has 164 valence electrons. The number of carbonyl (C=O) groups excluding carboxylic acids is 5. The Bertz CT molecular complexity index is 975. The molecule has 1 spiro atoms. The van der Waals surface area contributed by atoms with Gasteiger partial charge in [0.1, 0.15) is 17.6 Å².